The zero-order valence-corrected chi connectivity index (χ0v) is 7.84. The van der Waals surface area contributed by atoms with Crippen molar-refractivity contribution in [2.45, 2.75) is 44.8 Å². The fraction of sp³-hybridized carbons (Fsp3) is 0.875. The quantitative estimate of drug-likeness (QED) is 0.593. The molecule has 0 amide bonds. The third kappa shape index (κ3) is 1.16. The van der Waals surface area contributed by atoms with Crippen LogP contribution in [0.25, 0.3) is 0 Å². The average Bonchev–Trinajstić information content (AvgIpc) is 1.98. The maximum atomic E-state index is 11.5. The summed E-state index contributed by atoms with van der Waals surface area (Å²) < 4.78 is 0. The van der Waals surface area contributed by atoms with E-state index in [1.165, 1.54) is 0 Å². The molecule has 4 heteroatoms. The second-order valence-corrected chi connectivity index (χ2v) is 4.34. The van der Waals surface area contributed by atoms with Crippen LogP contribution in [-0.2, 0) is 4.79 Å². The summed E-state index contributed by atoms with van der Waals surface area (Å²) in [6.07, 6.45) is 0. The topological polar surface area (TPSA) is 58.5 Å². The van der Waals surface area contributed by atoms with Crippen LogP contribution < -0.4 is 5.32 Å². The minimum absolute atomic E-state index is 0.123. The summed E-state index contributed by atoms with van der Waals surface area (Å²) in [5.41, 5.74) is -1.13. The van der Waals surface area contributed by atoms with Crippen molar-refractivity contribution in [1.82, 2.24) is 5.32 Å². The lowest BCUT2D eigenvalue weighted by Gasteiger charge is -2.23. The zero-order chi connectivity index (χ0) is 9.57. The van der Waals surface area contributed by atoms with Gasteiger partial charge >= 0.3 is 0 Å². The number of hydrogen-bond donors (Lipinski definition) is 1. The highest BCUT2D eigenvalue weighted by atomic mass is 16.3. The molecule has 0 radical (unpaired) electrons. The molecule has 0 aliphatic carbocycles. The van der Waals surface area contributed by atoms with Gasteiger partial charge in [0.1, 0.15) is 0 Å². The maximum Gasteiger partial charge on any atom is 0.182 e. The van der Waals surface area contributed by atoms with E-state index in [0.29, 0.717) is 0 Å². The predicted molar refractivity (Wildman–Crippen MR) is 45.9 cm³/mol. The number of carbonyl (C=O) groups excluding carboxylic acids is 1. The van der Waals surface area contributed by atoms with E-state index in [1.54, 1.807) is 13.8 Å². The van der Waals surface area contributed by atoms with Crippen LogP contribution in [-0.4, -0.2) is 22.9 Å². The first-order valence-electron chi connectivity index (χ1n) is 3.97. The van der Waals surface area contributed by atoms with E-state index >= 15 is 0 Å². The summed E-state index contributed by atoms with van der Waals surface area (Å²) >= 11 is 0. The third-order valence-corrected chi connectivity index (χ3v) is 2.29. The summed E-state index contributed by atoms with van der Waals surface area (Å²) in [4.78, 5) is 21.9. The summed E-state index contributed by atoms with van der Waals surface area (Å²) in [5.74, 6) is -0.123. The molecule has 1 N–H and O–H groups in total. The summed E-state index contributed by atoms with van der Waals surface area (Å²) in [6, 6.07) is -0.757. The lowest BCUT2D eigenvalue weighted by molar-refractivity contribution is -0.122. The van der Waals surface area contributed by atoms with Crippen molar-refractivity contribution in [2.24, 2.45) is 5.18 Å². The Kier molecular flexibility index (Phi) is 1.83. The number of nitrogens with one attached hydrogen (secondary N) is 1. The van der Waals surface area contributed by atoms with Crippen LogP contribution in [0.1, 0.15) is 27.7 Å². The number of nitrogens with zero attached hydrogens (tertiary/aromatic N) is 1. The molecule has 0 spiro atoms. The standard InChI is InChI=1S/C8H14N2O2/c1-7(2)5(9-12)6(11)8(3,4)10-7/h5,10H,1-4H3. The molecule has 12 heavy (non-hydrogen) atoms. The highest BCUT2D eigenvalue weighted by Gasteiger charge is 2.52. The Bertz CT molecular complexity index is 233. The smallest absolute Gasteiger partial charge is 0.182 e. The summed E-state index contributed by atoms with van der Waals surface area (Å²) in [6.45, 7) is 7.15. The lowest BCUT2D eigenvalue weighted by atomic mass is 9.94. The molecule has 0 aromatic carbocycles. The number of Topliss-reactive ketones (excluding diaryl/α,β-unsaturated/α-hetero) is 1. The second kappa shape index (κ2) is 2.36. The Balaban J connectivity index is 3.03. The first-order chi connectivity index (χ1) is 5.31. The van der Waals surface area contributed by atoms with Gasteiger partial charge in [-0.05, 0) is 27.7 Å². The van der Waals surface area contributed by atoms with Crippen LogP contribution in [0.2, 0.25) is 0 Å². The molecular weight excluding hydrogens is 156 g/mol. The average molecular weight is 170 g/mol. The van der Waals surface area contributed by atoms with Crippen molar-refractivity contribution in [2.75, 3.05) is 0 Å². The van der Waals surface area contributed by atoms with Gasteiger partial charge in [-0.2, -0.15) is 0 Å². The van der Waals surface area contributed by atoms with E-state index in [9.17, 15) is 9.70 Å². The fourth-order valence-corrected chi connectivity index (χ4v) is 1.78. The van der Waals surface area contributed by atoms with Crippen molar-refractivity contribution in [3.8, 4) is 0 Å². The molecule has 0 aromatic heterocycles. The van der Waals surface area contributed by atoms with E-state index in [-0.39, 0.29) is 5.78 Å². The van der Waals surface area contributed by atoms with Gasteiger partial charge in [-0.15, -0.1) is 4.91 Å². The molecule has 1 atom stereocenters. The molecule has 1 aliphatic heterocycles. The van der Waals surface area contributed by atoms with Crippen LogP contribution in [0.4, 0.5) is 0 Å². The highest BCUT2D eigenvalue weighted by molar-refractivity contribution is 5.96. The van der Waals surface area contributed by atoms with Gasteiger partial charge in [0.25, 0.3) is 0 Å². The van der Waals surface area contributed by atoms with Crippen LogP contribution in [0.3, 0.4) is 0 Å². The normalized spacial score (nSPS) is 32.0. The van der Waals surface area contributed by atoms with Crippen molar-refractivity contribution in [1.29, 1.82) is 0 Å². The van der Waals surface area contributed by atoms with Gasteiger partial charge in [0.2, 0.25) is 0 Å². The number of nitroso groups, excluding NO2 is 1. The molecule has 1 fully saturated rings. The second-order valence-electron chi connectivity index (χ2n) is 4.34. The molecule has 1 unspecified atom stereocenters. The highest BCUT2D eigenvalue weighted by Crippen LogP contribution is 2.29. The lowest BCUT2D eigenvalue weighted by Crippen LogP contribution is -2.46. The summed E-state index contributed by atoms with van der Waals surface area (Å²) in [7, 11) is 0. The van der Waals surface area contributed by atoms with Gasteiger partial charge in [-0.25, -0.2) is 0 Å². The Morgan fingerprint density at radius 3 is 2.00 bits per heavy atom. The molecular formula is C8H14N2O2. The molecule has 1 saturated heterocycles. The molecule has 0 bridgehead atoms. The SMILES string of the molecule is CC1(C)NC(C)(C)C(N=O)C1=O. The Morgan fingerprint density at radius 2 is 1.83 bits per heavy atom. The number of carbonyl (C=O) groups is 1. The number of hydrogen-bond acceptors (Lipinski definition) is 4. The van der Waals surface area contributed by atoms with Crippen LogP contribution in [0.5, 0.6) is 0 Å². The molecule has 1 rings (SSSR count). The van der Waals surface area contributed by atoms with Crippen LogP contribution in [0, 0.1) is 4.91 Å². The largest absolute Gasteiger partial charge is 0.298 e. The van der Waals surface area contributed by atoms with Crippen molar-refractivity contribution in [3.63, 3.8) is 0 Å². The summed E-state index contributed by atoms with van der Waals surface area (Å²) in [5, 5.41) is 5.93. The van der Waals surface area contributed by atoms with E-state index in [0.717, 1.165) is 0 Å². The first kappa shape index (κ1) is 9.32. The minimum atomic E-state index is -0.757. The maximum absolute atomic E-state index is 11.5. The Hall–Kier alpha value is -0.770. The van der Waals surface area contributed by atoms with Gasteiger partial charge in [-0.1, -0.05) is 5.18 Å². The molecule has 4 nitrogen and oxygen atoms in total. The first-order valence-corrected chi connectivity index (χ1v) is 3.97. The van der Waals surface area contributed by atoms with Crippen molar-refractivity contribution < 1.29 is 4.79 Å². The monoisotopic (exact) mass is 170 g/mol. The number of ketones is 1. The van der Waals surface area contributed by atoms with Gasteiger partial charge in [0, 0.05) is 5.54 Å². The minimum Gasteiger partial charge on any atom is -0.298 e. The Morgan fingerprint density at radius 1 is 1.33 bits per heavy atom. The van der Waals surface area contributed by atoms with E-state index in [1.807, 2.05) is 13.8 Å². The molecule has 0 aromatic rings. The van der Waals surface area contributed by atoms with Crippen LogP contribution >= 0.6 is 0 Å². The molecule has 1 aliphatic rings. The van der Waals surface area contributed by atoms with Gasteiger partial charge < -0.3 is 0 Å². The van der Waals surface area contributed by atoms with E-state index < -0.39 is 17.1 Å². The van der Waals surface area contributed by atoms with Crippen molar-refractivity contribution in [3.05, 3.63) is 4.91 Å². The van der Waals surface area contributed by atoms with Gasteiger partial charge in [-0.3, -0.25) is 10.1 Å². The van der Waals surface area contributed by atoms with Gasteiger partial charge in [0.15, 0.2) is 11.8 Å². The fourth-order valence-electron chi connectivity index (χ4n) is 1.78. The Labute approximate surface area is 71.7 Å². The molecule has 68 valence electrons. The zero-order valence-electron chi connectivity index (χ0n) is 7.84. The van der Waals surface area contributed by atoms with E-state index in [4.69, 9.17) is 0 Å². The predicted octanol–water partition coefficient (Wildman–Crippen LogP) is 0.851. The molecule has 1 heterocycles. The third-order valence-electron chi connectivity index (χ3n) is 2.29. The number of rotatable bonds is 1. The van der Waals surface area contributed by atoms with E-state index in [2.05, 4.69) is 10.5 Å². The van der Waals surface area contributed by atoms with Gasteiger partial charge in [0.05, 0.1) is 5.54 Å². The molecule has 0 saturated carbocycles. The van der Waals surface area contributed by atoms with Crippen LogP contribution in [0.15, 0.2) is 5.18 Å². The van der Waals surface area contributed by atoms with Crippen molar-refractivity contribution >= 4 is 5.78 Å².